The number of aliphatic hydroxyl groups is 2. The zero-order valence-corrected chi connectivity index (χ0v) is 23.0. The highest BCUT2D eigenvalue weighted by Crippen LogP contribution is 2.67. The van der Waals surface area contributed by atoms with Crippen molar-refractivity contribution in [3.63, 3.8) is 0 Å². The van der Waals surface area contributed by atoms with Crippen molar-refractivity contribution in [2.75, 3.05) is 0 Å². The molecule has 2 N–H and O–H groups in total. The first-order chi connectivity index (χ1) is 17.1. The first-order valence-corrected chi connectivity index (χ1v) is 14.7. The predicted molar refractivity (Wildman–Crippen MR) is 145 cm³/mol. The number of fused-ring (bicyclic) bond motifs is 5. The van der Waals surface area contributed by atoms with Crippen molar-refractivity contribution in [3.05, 3.63) is 47.0 Å². The van der Waals surface area contributed by atoms with E-state index in [0.717, 1.165) is 67.8 Å². The number of allylic oxidation sites excluding steroid dienone is 1. The number of hydrogen-bond donors (Lipinski definition) is 2. The largest absolute Gasteiger partial charge is 0.390 e. The molecule has 0 unspecified atom stereocenters. The van der Waals surface area contributed by atoms with Gasteiger partial charge in [-0.1, -0.05) is 57.5 Å². The van der Waals surface area contributed by atoms with Crippen LogP contribution < -0.4 is 0 Å². The first-order valence-electron chi connectivity index (χ1n) is 14.7. The lowest BCUT2D eigenvalue weighted by molar-refractivity contribution is -0.0757. The standard InChI is InChI=1S/C33H47NO2/c1-5-33(36)19-18-31(3)24(20-33)11-12-26-28-14-13-27(32(28,4)17-16-29(26)31)22(2)10-15-30(35)25-9-7-6-8-23(25)21-34/h6-9,11,22,26-30,35-36H,5,10,12-20H2,1-4H3/t22-,26+,27-,28+,29+,30+,31+,32-,33+/m1/s1. The molecule has 4 aliphatic carbocycles. The van der Waals surface area contributed by atoms with E-state index in [1.165, 1.54) is 32.1 Å². The van der Waals surface area contributed by atoms with Gasteiger partial charge in [-0.25, -0.2) is 0 Å². The van der Waals surface area contributed by atoms with Crippen LogP contribution in [0.4, 0.5) is 0 Å². The molecular formula is C33H47NO2. The molecule has 1 aromatic rings. The zero-order chi connectivity index (χ0) is 25.7. The van der Waals surface area contributed by atoms with Gasteiger partial charge in [0.15, 0.2) is 0 Å². The van der Waals surface area contributed by atoms with Crippen molar-refractivity contribution in [2.24, 2.45) is 40.4 Å². The summed E-state index contributed by atoms with van der Waals surface area (Å²) in [5.74, 6) is 3.66. The molecule has 0 amide bonds. The van der Waals surface area contributed by atoms with Crippen molar-refractivity contribution in [1.29, 1.82) is 5.26 Å². The summed E-state index contributed by atoms with van der Waals surface area (Å²) in [5, 5.41) is 31.4. The number of nitrogens with zero attached hydrogens (tertiary/aromatic N) is 1. The molecule has 36 heavy (non-hydrogen) atoms. The van der Waals surface area contributed by atoms with E-state index < -0.39 is 11.7 Å². The average Bonchev–Trinajstić information content (AvgIpc) is 3.25. The first kappa shape index (κ1) is 26.0. The lowest BCUT2D eigenvalue weighted by atomic mass is 9.46. The van der Waals surface area contributed by atoms with Gasteiger partial charge in [0.05, 0.1) is 23.3 Å². The Morgan fingerprint density at radius 3 is 2.58 bits per heavy atom. The molecule has 0 saturated heterocycles. The van der Waals surface area contributed by atoms with Gasteiger partial charge in [0.25, 0.3) is 0 Å². The van der Waals surface area contributed by atoms with E-state index in [4.69, 9.17) is 0 Å². The normalized spacial score (nSPS) is 41.3. The van der Waals surface area contributed by atoms with Crippen LogP contribution in [0.3, 0.4) is 0 Å². The number of nitriles is 1. The van der Waals surface area contributed by atoms with Crippen molar-refractivity contribution in [3.8, 4) is 6.07 Å². The molecule has 0 aliphatic heterocycles. The number of aliphatic hydroxyl groups excluding tert-OH is 1. The van der Waals surface area contributed by atoms with Crippen LogP contribution in [0.5, 0.6) is 0 Å². The van der Waals surface area contributed by atoms with Crippen molar-refractivity contribution < 1.29 is 10.2 Å². The van der Waals surface area contributed by atoms with Gasteiger partial charge < -0.3 is 10.2 Å². The molecule has 0 aromatic heterocycles. The van der Waals surface area contributed by atoms with Gasteiger partial charge in [-0.05, 0) is 123 Å². The summed E-state index contributed by atoms with van der Waals surface area (Å²) in [5.41, 5.74) is 3.15. The lowest BCUT2D eigenvalue weighted by Gasteiger charge is -2.59. The highest BCUT2D eigenvalue weighted by molar-refractivity contribution is 5.38. The smallest absolute Gasteiger partial charge is 0.0995 e. The molecule has 0 radical (unpaired) electrons. The predicted octanol–water partition coefficient (Wildman–Crippen LogP) is 7.73. The molecule has 1 aromatic carbocycles. The van der Waals surface area contributed by atoms with Gasteiger partial charge >= 0.3 is 0 Å². The minimum Gasteiger partial charge on any atom is -0.390 e. The highest BCUT2D eigenvalue weighted by atomic mass is 16.3. The van der Waals surface area contributed by atoms with Crippen molar-refractivity contribution in [1.82, 2.24) is 0 Å². The topological polar surface area (TPSA) is 64.2 Å². The minimum atomic E-state index is -0.557. The fraction of sp³-hybridized carbons (Fsp3) is 0.727. The molecule has 3 nitrogen and oxygen atoms in total. The van der Waals surface area contributed by atoms with Gasteiger partial charge in [-0.15, -0.1) is 0 Å². The molecule has 196 valence electrons. The third kappa shape index (κ3) is 4.17. The van der Waals surface area contributed by atoms with Gasteiger partial charge in [0, 0.05) is 0 Å². The number of rotatable bonds is 6. The summed E-state index contributed by atoms with van der Waals surface area (Å²) in [4.78, 5) is 0. The van der Waals surface area contributed by atoms with E-state index in [1.807, 2.05) is 24.3 Å². The number of hydrogen-bond acceptors (Lipinski definition) is 3. The second-order valence-electron chi connectivity index (χ2n) is 13.5. The molecule has 4 aliphatic rings. The van der Waals surface area contributed by atoms with Crippen LogP contribution in [0.2, 0.25) is 0 Å². The Kier molecular flexibility index (Phi) is 6.93. The molecule has 0 heterocycles. The third-order valence-electron chi connectivity index (χ3n) is 12.0. The van der Waals surface area contributed by atoms with Crippen LogP contribution in [0.1, 0.15) is 116 Å². The SMILES string of the molecule is CC[C@]1(O)CC[C@@]2(C)C(=CC[C@H]3[C@@H]4CC[C@H]([C@H](C)CC[C@H](O)c5ccccc5C#N)[C@@]4(C)CC[C@@H]32)C1. The summed E-state index contributed by atoms with van der Waals surface area (Å²) in [6, 6.07) is 9.74. The molecule has 3 fully saturated rings. The van der Waals surface area contributed by atoms with Gasteiger partial charge in [-0.3, -0.25) is 0 Å². The maximum Gasteiger partial charge on any atom is 0.0995 e. The molecule has 3 heteroatoms. The zero-order valence-electron chi connectivity index (χ0n) is 23.0. The van der Waals surface area contributed by atoms with Gasteiger partial charge in [0.1, 0.15) is 0 Å². The van der Waals surface area contributed by atoms with Crippen LogP contribution >= 0.6 is 0 Å². The van der Waals surface area contributed by atoms with Crippen molar-refractivity contribution >= 4 is 0 Å². The summed E-state index contributed by atoms with van der Waals surface area (Å²) < 4.78 is 0. The van der Waals surface area contributed by atoms with Crippen LogP contribution in [0.15, 0.2) is 35.9 Å². The summed E-state index contributed by atoms with van der Waals surface area (Å²) >= 11 is 0. The van der Waals surface area contributed by atoms with E-state index in [1.54, 1.807) is 5.57 Å². The highest BCUT2D eigenvalue weighted by Gasteiger charge is 2.59. The average molecular weight is 490 g/mol. The Morgan fingerprint density at radius 1 is 1.06 bits per heavy atom. The molecule has 0 bridgehead atoms. The third-order valence-corrected chi connectivity index (χ3v) is 12.0. The quantitative estimate of drug-likeness (QED) is 0.402. The Bertz CT molecular complexity index is 1040. The van der Waals surface area contributed by atoms with Gasteiger partial charge in [-0.2, -0.15) is 5.26 Å². The number of benzene rings is 1. The van der Waals surface area contributed by atoms with E-state index in [-0.39, 0.29) is 5.41 Å². The monoisotopic (exact) mass is 489 g/mol. The lowest BCUT2D eigenvalue weighted by Crippen LogP contribution is -2.52. The van der Waals surface area contributed by atoms with Gasteiger partial charge in [0.2, 0.25) is 0 Å². The Balaban J connectivity index is 1.28. The fourth-order valence-electron chi connectivity index (χ4n) is 9.66. The molecule has 9 atom stereocenters. The van der Waals surface area contributed by atoms with E-state index in [0.29, 0.717) is 16.9 Å². The second-order valence-corrected chi connectivity index (χ2v) is 13.5. The Morgan fingerprint density at radius 2 is 1.83 bits per heavy atom. The van der Waals surface area contributed by atoms with E-state index in [9.17, 15) is 15.5 Å². The Hall–Kier alpha value is -1.63. The second kappa shape index (κ2) is 9.59. The van der Waals surface area contributed by atoms with E-state index >= 15 is 0 Å². The summed E-state index contributed by atoms with van der Waals surface area (Å²) in [7, 11) is 0. The maximum absolute atomic E-state index is 11.0. The minimum absolute atomic E-state index is 0.285. The van der Waals surface area contributed by atoms with Crippen LogP contribution in [-0.4, -0.2) is 15.8 Å². The van der Waals surface area contributed by atoms with Crippen LogP contribution in [0, 0.1) is 51.8 Å². The molecule has 5 rings (SSSR count). The maximum atomic E-state index is 11.0. The van der Waals surface area contributed by atoms with Crippen LogP contribution in [-0.2, 0) is 0 Å². The molecule has 0 spiro atoms. The summed E-state index contributed by atoms with van der Waals surface area (Å²) in [6.07, 6.45) is 14.2. The molecular weight excluding hydrogens is 442 g/mol. The van der Waals surface area contributed by atoms with E-state index in [2.05, 4.69) is 39.8 Å². The Labute approximate surface area is 219 Å². The van der Waals surface area contributed by atoms with Crippen molar-refractivity contribution in [2.45, 2.75) is 110 Å². The summed E-state index contributed by atoms with van der Waals surface area (Å²) in [6.45, 7) is 9.69. The molecule has 3 saturated carbocycles. The van der Waals surface area contributed by atoms with Crippen LogP contribution in [0.25, 0.3) is 0 Å². The fourth-order valence-corrected chi connectivity index (χ4v) is 9.66.